The second-order valence-electron chi connectivity index (χ2n) is 8.69. The van der Waals surface area contributed by atoms with Crippen molar-refractivity contribution in [2.24, 2.45) is 0 Å². The SMILES string of the molecule is COCCOc1cc2c(N[C@@H](C)c3cccc(C(F)(F)C(C)(C)O)c3F)nc(C)nc2cc1OC. The van der Waals surface area contributed by atoms with Gasteiger partial charge in [-0.3, -0.25) is 0 Å². The zero-order valence-electron chi connectivity index (χ0n) is 20.6. The van der Waals surface area contributed by atoms with E-state index in [0.29, 0.717) is 40.7 Å². The molecule has 0 aliphatic carbocycles. The molecule has 1 atom stereocenters. The highest BCUT2D eigenvalue weighted by molar-refractivity contribution is 5.92. The van der Waals surface area contributed by atoms with E-state index in [0.717, 1.165) is 19.9 Å². The van der Waals surface area contributed by atoms with Crippen molar-refractivity contribution in [1.29, 1.82) is 0 Å². The lowest BCUT2D eigenvalue weighted by molar-refractivity contribution is -0.170. The standard InChI is InChI=1S/C25H30F3N3O4/c1-14(16-8-7-9-18(22(16)26)25(27,28)24(3,4)32)29-23-17-12-21(35-11-10-33-5)20(34-6)13-19(17)30-15(2)31-23/h7-9,12-14,32H,10-11H2,1-6H3,(H,29,30,31)/t14-/m0/s1. The molecule has 10 heteroatoms. The second kappa shape index (κ2) is 10.2. The monoisotopic (exact) mass is 493 g/mol. The highest BCUT2D eigenvalue weighted by Crippen LogP contribution is 2.41. The van der Waals surface area contributed by atoms with Crippen LogP contribution in [0.2, 0.25) is 0 Å². The zero-order valence-corrected chi connectivity index (χ0v) is 20.6. The van der Waals surface area contributed by atoms with Crippen molar-refractivity contribution in [1.82, 2.24) is 9.97 Å². The first kappa shape index (κ1) is 26.5. The van der Waals surface area contributed by atoms with E-state index in [9.17, 15) is 13.9 Å². The Balaban J connectivity index is 2.03. The van der Waals surface area contributed by atoms with E-state index >= 15 is 4.39 Å². The Morgan fingerprint density at radius 1 is 1.09 bits per heavy atom. The maximum atomic E-state index is 15.3. The molecule has 1 aromatic heterocycles. The van der Waals surface area contributed by atoms with Gasteiger partial charge in [-0.05, 0) is 39.8 Å². The minimum absolute atomic E-state index is 0.000852. The van der Waals surface area contributed by atoms with E-state index in [4.69, 9.17) is 14.2 Å². The predicted octanol–water partition coefficient (Wildman–Crippen LogP) is 5.15. The molecule has 0 fully saturated rings. The van der Waals surface area contributed by atoms with Gasteiger partial charge in [0.15, 0.2) is 11.5 Å². The first-order chi connectivity index (χ1) is 16.4. The molecule has 0 spiro atoms. The molecule has 35 heavy (non-hydrogen) atoms. The summed E-state index contributed by atoms with van der Waals surface area (Å²) in [6, 6.07) is 6.38. The summed E-state index contributed by atoms with van der Waals surface area (Å²) >= 11 is 0. The number of benzene rings is 2. The normalized spacial score (nSPS) is 13.1. The van der Waals surface area contributed by atoms with Crippen LogP contribution < -0.4 is 14.8 Å². The molecule has 0 unspecified atom stereocenters. The summed E-state index contributed by atoms with van der Waals surface area (Å²) in [7, 11) is 3.07. The van der Waals surface area contributed by atoms with Gasteiger partial charge in [0.25, 0.3) is 0 Å². The van der Waals surface area contributed by atoms with Crippen LogP contribution in [0.4, 0.5) is 19.0 Å². The van der Waals surface area contributed by atoms with Crippen LogP contribution in [0.25, 0.3) is 10.9 Å². The van der Waals surface area contributed by atoms with Crippen molar-refractivity contribution in [2.75, 3.05) is 32.8 Å². The summed E-state index contributed by atoms with van der Waals surface area (Å²) in [5.74, 6) is -3.16. The van der Waals surface area contributed by atoms with Gasteiger partial charge < -0.3 is 24.6 Å². The topological polar surface area (TPSA) is 85.7 Å². The fourth-order valence-corrected chi connectivity index (χ4v) is 3.61. The number of ether oxygens (including phenoxy) is 3. The van der Waals surface area contributed by atoms with Crippen LogP contribution in [0.3, 0.4) is 0 Å². The van der Waals surface area contributed by atoms with Gasteiger partial charge in [0.05, 0.1) is 30.8 Å². The zero-order chi connectivity index (χ0) is 26.0. The first-order valence-electron chi connectivity index (χ1n) is 11.0. The summed E-state index contributed by atoms with van der Waals surface area (Å²) < 4.78 is 60.9. The summed E-state index contributed by atoms with van der Waals surface area (Å²) in [6.07, 6.45) is 0. The van der Waals surface area contributed by atoms with E-state index in [1.807, 2.05) is 0 Å². The smallest absolute Gasteiger partial charge is 0.303 e. The Labute approximate surface area is 202 Å². The summed E-state index contributed by atoms with van der Waals surface area (Å²) in [6.45, 7) is 5.88. The van der Waals surface area contributed by atoms with Crippen molar-refractivity contribution >= 4 is 16.7 Å². The number of alkyl halides is 2. The second-order valence-corrected chi connectivity index (χ2v) is 8.69. The van der Waals surface area contributed by atoms with Crippen LogP contribution in [0, 0.1) is 12.7 Å². The van der Waals surface area contributed by atoms with Crippen LogP contribution >= 0.6 is 0 Å². The molecular formula is C25H30F3N3O4. The Kier molecular flexibility index (Phi) is 7.76. The first-order valence-corrected chi connectivity index (χ1v) is 11.0. The van der Waals surface area contributed by atoms with E-state index in [1.165, 1.54) is 19.2 Å². The fourth-order valence-electron chi connectivity index (χ4n) is 3.61. The van der Waals surface area contributed by atoms with Gasteiger partial charge in [-0.2, -0.15) is 8.78 Å². The molecule has 3 aromatic rings. The number of hydrogen-bond acceptors (Lipinski definition) is 7. The predicted molar refractivity (Wildman–Crippen MR) is 127 cm³/mol. The molecule has 3 rings (SSSR count). The quantitative estimate of drug-likeness (QED) is 0.378. The number of fused-ring (bicyclic) bond motifs is 1. The third-order valence-corrected chi connectivity index (χ3v) is 5.59. The number of hydrogen-bond donors (Lipinski definition) is 2. The number of rotatable bonds is 10. The molecule has 0 aliphatic rings. The third kappa shape index (κ3) is 5.43. The molecule has 0 amide bonds. The van der Waals surface area contributed by atoms with Crippen LogP contribution in [-0.2, 0) is 10.7 Å². The van der Waals surface area contributed by atoms with E-state index in [-0.39, 0.29) is 12.2 Å². The minimum atomic E-state index is -3.80. The van der Waals surface area contributed by atoms with Gasteiger partial charge in [0, 0.05) is 24.1 Å². The number of nitrogens with one attached hydrogen (secondary N) is 1. The fraction of sp³-hybridized carbons (Fsp3) is 0.440. The van der Waals surface area contributed by atoms with E-state index in [1.54, 1.807) is 33.1 Å². The summed E-state index contributed by atoms with van der Waals surface area (Å²) in [5, 5.41) is 13.6. The molecule has 0 aliphatic heterocycles. The molecule has 0 bridgehead atoms. The summed E-state index contributed by atoms with van der Waals surface area (Å²) in [5.41, 5.74) is -2.76. The number of aryl methyl sites for hydroxylation is 1. The van der Waals surface area contributed by atoms with Crippen molar-refractivity contribution in [3.05, 3.63) is 53.1 Å². The van der Waals surface area contributed by atoms with Crippen molar-refractivity contribution in [3.8, 4) is 11.5 Å². The van der Waals surface area contributed by atoms with Gasteiger partial charge in [-0.25, -0.2) is 14.4 Å². The maximum Gasteiger partial charge on any atom is 0.303 e. The van der Waals surface area contributed by atoms with Crippen LogP contribution in [0.1, 0.15) is 43.8 Å². The lowest BCUT2D eigenvalue weighted by atomic mass is 9.91. The number of aromatic nitrogens is 2. The highest BCUT2D eigenvalue weighted by Gasteiger charge is 2.49. The molecule has 2 aromatic carbocycles. The highest BCUT2D eigenvalue weighted by atomic mass is 19.3. The van der Waals surface area contributed by atoms with Gasteiger partial charge in [0.1, 0.15) is 29.7 Å². The third-order valence-electron chi connectivity index (χ3n) is 5.59. The Morgan fingerprint density at radius 3 is 2.43 bits per heavy atom. The number of nitrogens with zero attached hydrogens (tertiary/aromatic N) is 2. The van der Waals surface area contributed by atoms with Crippen molar-refractivity contribution in [3.63, 3.8) is 0 Å². The molecule has 0 saturated carbocycles. The van der Waals surface area contributed by atoms with Crippen LogP contribution in [0.15, 0.2) is 30.3 Å². The summed E-state index contributed by atoms with van der Waals surface area (Å²) in [4.78, 5) is 8.89. The van der Waals surface area contributed by atoms with Crippen molar-refractivity contribution in [2.45, 2.75) is 45.3 Å². The number of aliphatic hydroxyl groups is 1. The molecule has 1 heterocycles. The lowest BCUT2D eigenvalue weighted by Gasteiger charge is -2.30. The van der Waals surface area contributed by atoms with Crippen LogP contribution in [-0.4, -0.2) is 48.1 Å². The average Bonchev–Trinajstić information content (AvgIpc) is 2.78. The van der Waals surface area contributed by atoms with Gasteiger partial charge in [-0.15, -0.1) is 0 Å². The molecule has 190 valence electrons. The number of halogens is 3. The minimum Gasteiger partial charge on any atom is -0.493 e. The van der Waals surface area contributed by atoms with E-state index in [2.05, 4.69) is 15.3 Å². The Hall–Kier alpha value is -3.11. The van der Waals surface area contributed by atoms with E-state index < -0.39 is 28.9 Å². The molecular weight excluding hydrogens is 463 g/mol. The Bertz CT molecular complexity index is 1200. The van der Waals surface area contributed by atoms with Crippen LogP contribution in [0.5, 0.6) is 11.5 Å². The lowest BCUT2D eigenvalue weighted by Crippen LogP contribution is -2.41. The number of anilines is 1. The molecule has 2 N–H and O–H groups in total. The molecule has 0 radical (unpaired) electrons. The van der Waals surface area contributed by atoms with Gasteiger partial charge in [0.2, 0.25) is 0 Å². The maximum absolute atomic E-state index is 15.3. The molecule has 0 saturated heterocycles. The van der Waals surface area contributed by atoms with Crippen molar-refractivity contribution < 1.29 is 32.5 Å². The average molecular weight is 494 g/mol. The largest absolute Gasteiger partial charge is 0.493 e. The Morgan fingerprint density at radius 2 is 1.80 bits per heavy atom. The van der Waals surface area contributed by atoms with Gasteiger partial charge in [-0.1, -0.05) is 12.1 Å². The number of methoxy groups -OCH3 is 2. The van der Waals surface area contributed by atoms with Gasteiger partial charge >= 0.3 is 5.92 Å². The molecule has 7 nitrogen and oxygen atoms in total.